The first-order valence-electron chi connectivity index (χ1n) is 10.6. The van der Waals surface area contributed by atoms with E-state index >= 15 is 0 Å². The highest BCUT2D eigenvalue weighted by molar-refractivity contribution is 5.28. The Labute approximate surface area is 163 Å². The molecule has 4 nitrogen and oxygen atoms in total. The molecule has 0 radical (unpaired) electrons. The first-order chi connectivity index (χ1) is 13.2. The highest BCUT2D eigenvalue weighted by atomic mass is 16.5. The molecule has 1 aliphatic heterocycles. The van der Waals surface area contributed by atoms with Gasteiger partial charge in [0.05, 0.1) is 13.2 Å². The van der Waals surface area contributed by atoms with Crippen LogP contribution in [-0.2, 0) is 6.54 Å². The summed E-state index contributed by atoms with van der Waals surface area (Å²) < 4.78 is 7.72. The molecule has 2 heterocycles. The quantitative estimate of drug-likeness (QED) is 0.722. The fourth-order valence-corrected chi connectivity index (χ4v) is 4.90. The van der Waals surface area contributed by atoms with E-state index in [2.05, 4.69) is 34.7 Å². The third kappa shape index (κ3) is 4.21. The largest absolute Gasteiger partial charge is 0.497 e. The van der Waals surface area contributed by atoms with Crippen LogP contribution in [0.2, 0.25) is 0 Å². The summed E-state index contributed by atoms with van der Waals surface area (Å²) in [6.07, 6.45) is 11.7. The predicted molar refractivity (Wildman–Crippen MR) is 109 cm³/mol. The SMILES string of the molecule is COc1ccc(Cn2c(C)cnc2C2CCCN2CC2CCCCC2)cc1. The van der Waals surface area contributed by atoms with Crippen molar-refractivity contribution in [2.24, 2.45) is 5.92 Å². The summed E-state index contributed by atoms with van der Waals surface area (Å²) in [5, 5.41) is 0. The van der Waals surface area contributed by atoms with E-state index in [0.717, 1.165) is 18.2 Å². The van der Waals surface area contributed by atoms with Crippen molar-refractivity contribution in [2.45, 2.75) is 64.5 Å². The Bertz CT molecular complexity index is 731. The molecular formula is C23H33N3O. The van der Waals surface area contributed by atoms with Gasteiger partial charge in [-0.15, -0.1) is 0 Å². The second-order valence-electron chi connectivity index (χ2n) is 8.35. The van der Waals surface area contributed by atoms with Gasteiger partial charge in [-0.25, -0.2) is 4.98 Å². The van der Waals surface area contributed by atoms with Crippen LogP contribution in [0.1, 0.15) is 68.1 Å². The minimum atomic E-state index is 0.485. The number of methoxy groups -OCH3 is 1. The van der Waals surface area contributed by atoms with Crippen LogP contribution in [-0.4, -0.2) is 34.7 Å². The fourth-order valence-electron chi connectivity index (χ4n) is 4.90. The lowest BCUT2D eigenvalue weighted by atomic mass is 9.89. The first-order valence-corrected chi connectivity index (χ1v) is 10.6. The lowest BCUT2D eigenvalue weighted by Gasteiger charge is -2.31. The number of ether oxygens (including phenoxy) is 1. The molecule has 4 heteroatoms. The van der Waals surface area contributed by atoms with Gasteiger partial charge >= 0.3 is 0 Å². The number of aryl methyl sites for hydroxylation is 1. The van der Waals surface area contributed by atoms with Gasteiger partial charge in [-0.2, -0.15) is 0 Å². The average molecular weight is 368 g/mol. The highest BCUT2D eigenvalue weighted by Gasteiger charge is 2.31. The van der Waals surface area contributed by atoms with Crippen molar-refractivity contribution >= 4 is 0 Å². The van der Waals surface area contributed by atoms with Crippen LogP contribution in [0.4, 0.5) is 0 Å². The molecule has 0 amide bonds. The Morgan fingerprint density at radius 3 is 2.56 bits per heavy atom. The Hall–Kier alpha value is -1.81. The van der Waals surface area contributed by atoms with Crippen LogP contribution in [0.15, 0.2) is 30.5 Å². The molecule has 2 aromatic rings. The monoisotopic (exact) mass is 367 g/mol. The standard InChI is InChI=1S/C23H33N3O/c1-18-15-24-23(26(18)17-20-10-12-21(27-2)13-11-20)22-9-6-14-25(22)16-19-7-4-3-5-8-19/h10-13,15,19,22H,3-9,14,16-17H2,1-2H3. The zero-order valence-corrected chi connectivity index (χ0v) is 16.9. The number of aromatic nitrogens is 2. The zero-order valence-electron chi connectivity index (χ0n) is 16.9. The third-order valence-electron chi connectivity index (χ3n) is 6.46. The van der Waals surface area contributed by atoms with E-state index < -0.39 is 0 Å². The van der Waals surface area contributed by atoms with Gasteiger partial charge in [0, 0.05) is 25.0 Å². The summed E-state index contributed by atoms with van der Waals surface area (Å²) in [6.45, 7) is 5.56. The van der Waals surface area contributed by atoms with E-state index in [4.69, 9.17) is 9.72 Å². The molecule has 1 aromatic carbocycles. The molecular weight excluding hydrogens is 334 g/mol. The topological polar surface area (TPSA) is 30.3 Å². The molecule has 1 saturated heterocycles. The van der Waals surface area contributed by atoms with Crippen molar-refractivity contribution in [1.29, 1.82) is 0 Å². The average Bonchev–Trinajstić information content (AvgIpc) is 3.30. The number of imidazole rings is 1. The van der Waals surface area contributed by atoms with Crippen LogP contribution < -0.4 is 4.74 Å². The molecule has 1 aliphatic carbocycles. The summed E-state index contributed by atoms with van der Waals surface area (Å²) >= 11 is 0. The Balaban J connectivity index is 1.50. The van der Waals surface area contributed by atoms with Gasteiger partial charge in [-0.3, -0.25) is 4.90 Å². The summed E-state index contributed by atoms with van der Waals surface area (Å²) in [7, 11) is 1.72. The number of likely N-dealkylation sites (tertiary alicyclic amines) is 1. The van der Waals surface area contributed by atoms with E-state index in [-0.39, 0.29) is 0 Å². The van der Waals surface area contributed by atoms with E-state index in [1.165, 1.54) is 75.1 Å². The summed E-state index contributed by atoms with van der Waals surface area (Å²) in [5.74, 6) is 3.07. The molecule has 0 bridgehead atoms. The minimum absolute atomic E-state index is 0.485. The maximum Gasteiger partial charge on any atom is 0.126 e. The first kappa shape index (κ1) is 18.5. The van der Waals surface area contributed by atoms with E-state index in [1.54, 1.807) is 7.11 Å². The van der Waals surface area contributed by atoms with Crippen molar-refractivity contribution in [3.05, 3.63) is 47.5 Å². The zero-order chi connectivity index (χ0) is 18.6. The number of hydrogen-bond acceptors (Lipinski definition) is 3. The fraction of sp³-hybridized carbons (Fsp3) is 0.609. The minimum Gasteiger partial charge on any atom is -0.497 e. The van der Waals surface area contributed by atoms with Crippen molar-refractivity contribution in [2.75, 3.05) is 20.2 Å². The lowest BCUT2D eigenvalue weighted by Crippen LogP contribution is -2.31. The Morgan fingerprint density at radius 1 is 1.04 bits per heavy atom. The van der Waals surface area contributed by atoms with Gasteiger partial charge in [0.2, 0.25) is 0 Å². The molecule has 4 rings (SSSR count). The second kappa shape index (κ2) is 8.47. The molecule has 2 aliphatic rings. The molecule has 146 valence electrons. The van der Waals surface area contributed by atoms with Crippen LogP contribution in [0.3, 0.4) is 0 Å². The Morgan fingerprint density at radius 2 is 1.81 bits per heavy atom. The predicted octanol–water partition coefficient (Wildman–Crippen LogP) is 4.97. The molecule has 1 saturated carbocycles. The Kier molecular flexibility index (Phi) is 5.82. The maximum atomic E-state index is 5.29. The van der Waals surface area contributed by atoms with Gasteiger partial charge in [0.15, 0.2) is 0 Å². The van der Waals surface area contributed by atoms with E-state index in [9.17, 15) is 0 Å². The second-order valence-corrected chi connectivity index (χ2v) is 8.35. The van der Waals surface area contributed by atoms with Crippen molar-refractivity contribution in [1.82, 2.24) is 14.5 Å². The van der Waals surface area contributed by atoms with Gasteiger partial charge in [0.1, 0.15) is 11.6 Å². The summed E-state index contributed by atoms with van der Waals surface area (Å²) in [6, 6.07) is 8.91. The van der Waals surface area contributed by atoms with Gasteiger partial charge in [-0.1, -0.05) is 31.4 Å². The molecule has 1 aromatic heterocycles. The lowest BCUT2D eigenvalue weighted by molar-refractivity contribution is 0.181. The summed E-state index contributed by atoms with van der Waals surface area (Å²) in [4.78, 5) is 7.59. The molecule has 27 heavy (non-hydrogen) atoms. The van der Waals surface area contributed by atoms with Gasteiger partial charge < -0.3 is 9.30 Å². The van der Waals surface area contributed by atoms with E-state index in [0.29, 0.717) is 6.04 Å². The number of rotatable bonds is 6. The maximum absolute atomic E-state index is 5.29. The van der Waals surface area contributed by atoms with E-state index in [1.807, 2.05) is 12.1 Å². The highest BCUT2D eigenvalue weighted by Crippen LogP contribution is 2.35. The molecule has 0 spiro atoms. The smallest absolute Gasteiger partial charge is 0.126 e. The number of hydrogen-bond donors (Lipinski definition) is 0. The molecule has 0 N–H and O–H groups in total. The normalized spacial score (nSPS) is 21.6. The van der Waals surface area contributed by atoms with Crippen molar-refractivity contribution in [3.63, 3.8) is 0 Å². The van der Waals surface area contributed by atoms with Crippen LogP contribution >= 0.6 is 0 Å². The van der Waals surface area contributed by atoms with Crippen LogP contribution in [0, 0.1) is 12.8 Å². The summed E-state index contributed by atoms with van der Waals surface area (Å²) in [5.41, 5.74) is 2.56. The van der Waals surface area contributed by atoms with Crippen LogP contribution in [0.25, 0.3) is 0 Å². The van der Waals surface area contributed by atoms with Gasteiger partial charge in [0.25, 0.3) is 0 Å². The number of nitrogens with zero attached hydrogens (tertiary/aromatic N) is 3. The molecule has 2 fully saturated rings. The molecule has 1 unspecified atom stereocenters. The van der Waals surface area contributed by atoms with Crippen molar-refractivity contribution < 1.29 is 4.74 Å². The van der Waals surface area contributed by atoms with Crippen molar-refractivity contribution in [3.8, 4) is 5.75 Å². The third-order valence-corrected chi connectivity index (χ3v) is 6.46. The molecule has 1 atom stereocenters. The van der Waals surface area contributed by atoms with Gasteiger partial charge in [-0.05, 0) is 62.8 Å². The van der Waals surface area contributed by atoms with Crippen LogP contribution in [0.5, 0.6) is 5.75 Å². The number of benzene rings is 1.